The molecule has 1 aromatic heterocycles. The molecule has 2 amide bonds. The van der Waals surface area contributed by atoms with Gasteiger partial charge in [0.2, 0.25) is 5.91 Å². The lowest BCUT2D eigenvalue weighted by molar-refractivity contribution is -0.119. The van der Waals surface area contributed by atoms with E-state index in [-0.39, 0.29) is 24.3 Å². The molecule has 0 fully saturated rings. The SMILES string of the molecule is COCC(=O)Nc1nn(C)c2c1C(C)CC(=O)N2. The van der Waals surface area contributed by atoms with Gasteiger partial charge in [-0.2, -0.15) is 5.10 Å². The van der Waals surface area contributed by atoms with Crippen LogP contribution in [0.15, 0.2) is 0 Å². The van der Waals surface area contributed by atoms with Crippen LogP contribution in [0.25, 0.3) is 0 Å². The molecule has 1 unspecified atom stereocenters. The minimum Gasteiger partial charge on any atom is -0.375 e. The Hall–Kier alpha value is -1.89. The van der Waals surface area contributed by atoms with Gasteiger partial charge in [-0.15, -0.1) is 0 Å². The highest BCUT2D eigenvalue weighted by atomic mass is 16.5. The molecule has 0 spiro atoms. The number of carbonyl (C=O) groups excluding carboxylic acids is 2. The maximum Gasteiger partial charge on any atom is 0.251 e. The second-order valence-corrected chi connectivity index (χ2v) is 4.37. The summed E-state index contributed by atoms with van der Waals surface area (Å²) in [4.78, 5) is 23.0. The Morgan fingerprint density at radius 2 is 2.39 bits per heavy atom. The van der Waals surface area contributed by atoms with E-state index in [1.54, 1.807) is 11.7 Å². The van der Waals surface area contributed by atoms with E-state index < -0.39 is 0 Å². The maximum absolute atomic E-state index is 11.5. The third-order valence-corrected chi connectivity index (χ3v) is 2.86. The monoisotopic (exact) mass is 252 g/mol. The van der Waals surface area contributed by atoms with E-state index in [9.17, 15) is 9.59 Å². The van der Waals surface area contributed by atoms with Crippen molar-refractivity contribution >= 4 is 23.5 Å². The van der Waals surface area contributed by atoms with Gasteiger partial charge < -0.3 is 15.4 Å². The van der Waals surface area contributed by atoms with Crippen molar-refractivity contribution in [1.82, 2.24) is 9.78 Å². The van der Waals surface area contributed by atoms with Crippen molar-refractivity contribution in [3.63, 3.8) is 0 Å². The Labute approximate surface area is 104 Å². The van der Waals surface area contributed by atoms with Crippen LogP contribution in [0.4, 0.5) is 11.6 Å². The summed E-state index contributed by atoms with van der Waals surface area (Å²) in [5.41, 5.74) is 0.863. The molecule has 18 heavy (non-hydrogen) atoms. The van der Waals surface area contributed by atoms with Gasteiger partial charge >= 0.3 is 0 Å². The number of rotatable bonds is 3. The first-order chi connectivity index (χ1) is 8.52. The first-order valence-corrected chi connectivity index (χ1v) is 5.68. The quantitative estimate of drug-likeness (QED) is 0.818. The van der Waals surface area contributed by atoms with Crippen molar-refractivity contribution in [1.29, 1.82) is 0 Å². The summed E-state index contributed by atoms with van der Waals surface area (Å²) in [6.07, 6.45) is 0.395. The third kappa shape index (κ3) is 2.21. The van der Waals surface area contributed by atoms with Crippen molar-refractivity contribution in [2.45, 2.75) is 19.3 Å². The second-order valence-electron chi connectivity index (χ2n) is 4.37. The van der Waals surface area contributed by atoms with E-state index >= 15 is 0 Å². The fraction of sp³-hybridized carbons (Fsp3) is 0.545. The standard InChI is InChI=1S/C11H16N4O3/c1-6-4-7(16)13-11-9(6)10(14-15(11)2)12-8(17)5-18-3/h6H,4-5H2,1-3H3,(H,13,16)(H,12,14,17). The van der Waals surface area contributed by atoms with Crippen LogP contribution in [0, 0.1) is 0 Å². The molecule has 98 valence electrons. The molecule has 0 saturated carbocycles. The second kappa shape index (κ2) is 4.77. The van der Waals surface area contributed by atoms with Gasteiger partial charge in [0.05, 0.1) is 0 Å². The fourth-order valence-corrected chi connectivity index (χ4v) is 2.11. The summed E-state index contributed by atoms with van der Waals surface area (Å²) in [6, 6.07) is 0. The normalized spacial score (nSPS) is 18.2. The average molecular weight is 252 g/mol. The summed E-state index contributed by atoms with van der Waals surface area (Å²) in [6.45, 7) is 1.91. The van der Waals surface area contributed by atoms with Crippen molar-refractivity contribution in [3.8, 4) is 0 Å². The smallest absolute Gasteiger partial charge is 0.251 e. The van der Waals surface area contributed by atoms with E-state index in [2.05, 4.69) is 15.7 Å². The number of hydrogen-bond acceptors (Lipinski definition) is 4. The van der Waals surface area contributed by atoms with E-state index in [4.69, 9.17) is 4.74 Å². The van der Waals surface area contributed by atoms with E-state index in [1.807, 2.05) is 6.92 Å². The molecule has 1 aliphatic heterocycles. The lowest BCUT2D eigenvalue weighted by Gasteiger charge is -2.20. The lowest BCUT2D eigenvalue weighted by Crippen LogP contribution is -2.23. The molecule has 0 saturated heterocycles. The summed E-state index contributed by atoms with van der Waals surface area (Å²) < 4.78 is 6.32. The maximum atomic E-state index is 11.5. The summed E-state index contributed by atoms with van der Waals surface area (Å²) >= 11 is 0. The van der Waals surface area contributed by atoms with Crippen LogP contribution in [0.5, 0.6) is 0 Å². The van der Waals surface area contributed by atoms with E-state index in [1.165, 1.54) is 7.11 Å². The molecule has 2 N–H and O–H groups in total. The number of anilines is 2. The Morgan fingerprint density at radius 3 is 3.06 bits per heavy atom. The highest BCUT2D eigenvalue weighted by Crippen LogP contribution is 2.36. The van der Waals surface area contributed by atoms with Crippen molar-refractivity contribution < 1.29 is 14.3 Å². The minimum atomic E-state index is -0.262. The molecule has 7 nitrogen and oxygen atoms in total. The Kier molecular flexibility index (Phi) is 3.33. The van der Waals surface area contributed by atoms with Gasteiger partial charge in [-0.05, 0) is 5.92 Å². The highest BCUT2D eigenvalue weighted by Gasteiger charge is 2.29. The predicted molar refractivity (Wildman–Crippen MR) is 65.4 cm³/mol. The number of nitrogens with zero attached hydrogens (tertiary/aromatic N) is 2. The van der Waals surface area contributed by atoms with Crippen LogP contribution in [-0.2, 0) is 21.4 Å². The molecule has 0 aliphatic carbocycles. The molecule has 1 aliphatic rings. The molecule has 1 atom stereocenters. The summed E-state index contributed by atoms with van der Waals surface area (Å²) in [5.74, 6) is 0.865. The van der Waals surface area contributed by atoms with Gasteiger partial charge in [0.25, 0.3) is 5.91 Å². The number of aryl methyl sites for hydroxylation is 1. The molecular weight excluding hydrogens is 236 g/mol. The number of carbonyl (C=O) groups is 2. The minimum absolute atomic E-state index is 0.0217. The van der Waals surface area contributed by atoms with Gasteiger partial charge in [-0.3, -0.25) is 14.3 Å². The summed E-state index contributed by atoms with van der Waals surface area (Å²) in [5, 5.41) is 9.67. The Balaban J connectivity index is 2.30. The average Bonchev–Trinajstić information content (AvgIpc) is 2.55. The molecule has 0 bridgehead atoms. The molecular formula is C11H16N4O3. The van der Waals surface area contributed by atoms with Gasteiger partial charge in [0, 0.05) is 26.1 Å². The number of ether oxygens (including phenoxy) is 1. The number of amides is 2. The van der Waals surface area contributed by atoms with Crippen LogP contribution < -0.4 is 10.6 Å². The highest BCUT2D eigenvalue weighted by molar-refractivity contribution is 5.97. The number of methoxy groups -OCH3 is 1. The van der Waals surface area contributed by atoms with Crippen molar-refractivity contribution in [2.75, 3.05) is 24.4 Å². The molecule has 0 radical (unpaired) electrons. The van der Waals surface area contributed by atoms with Gasteiger partial charge in [-0.25, -0.2) is 0 Å². The van der Waals surface area contributed by atoms with E-state index in [0.29, 0.717) is 18.1 Å². The first-order valence-electron chi connectivity index (χ1n) is 5.68. The molecule has 2 rings (SSSR count). The van der Waals surface area contributed by atoms with Crippen molar-refractivity contribution in [3.05, 3.63) is 5.56 Å². The zero-order valence-corrected chi connectivity index (χ0v) is 10.6. The van der Waals surface area contributed by atoms with Crippen LogP contribution >= 0.6 is 0 Å². The molecule has 1 aromatic rings. The predicted octanol–water partition coefficient (Wildman–Crippen LogP) is 0.451. The largest absolute Gasteiger partial charge is 0.375 e. The number of fused-ring (bicyclic) bond motifs is 1. The lowest BCUT2D eigenvalue weighted by atomic mass is 9.95. The zero-order valence-electron chi connectivity index (χ0n) is 10.6. The Morgan fingerprint density at radius 1 is 1.67 bits per heavy atom. The molecule has 7 heteroatoms. The van der Waals surface area contributed by atoms with Gasteiger partial charge in [0.1, 0.15) is 12.4 Å². The fourth-order valence-electron chi connectivity index (χ4n) is 2.11. The van der Waals surface area contributed by atoms with Crippen LogP contribution in [0.2, 0.25) is 0 Å². The first kappa shape index (κ1) is 12.6. The van der Waals surface area contributed by atoms with Gasteiger partial charge in [-0.1, -0.05) is 6.92 Å². The Bertz CT molecular complexity index is 495. The van der Waals surface area contributed by atoms with Gasteiger partial charge in [0.15, 0.2) is 5.82 Å². The third-order valence-electron chi connectivity index (χ3n) is 2.86. The summed E-state index contributed by atoms with van der Waals surface area (Å²) in [7, 11) is 3.18. The number of aromatic nitrogens is 2. The number of nitrogens with one attached hydrogen (secondary N) is 2. The molecule has 0 aromatic carbocycles. The van der Waals surface area contributed by atoms with Crippen molar-refractivity contribution in [2.24, 2.45) is 7.05 Å². The van der Waals surface area contributed by atoms with Crippen LogP contribution in [0.1, 0.15) is 24.8 Å². The van der Waals surface area contributed by atoms with Crippen LogP contribution in [-0.4, -0.2) is 35.3 Å². The zero-order chi connectivity index (χ0) is 13.3. The van der Waals surface area contributed by atoms with E-state index in [0.717, 1.165) is 5.56 Å². The molecule has 2 heterocycles. The number of hydrogen-bond donors (Lipinski definition) is 2. The van der Waals surface area contributed by atoms with Crippen LogP contribution in [0.3, 0.4) is 0 Å². The topological polar surface area (TPSA) is 85.2 Å².